The van der Waals surface area contributed by atoms with Gasteiger partial charge in [-0.3, -0.25) is 9.36 Å². The molecular weight excluding hydrogens is 399 g/mol. The zero-order chi connectivity index (χ0) is 21.6. The molecule has 0 fully saturated rings. The van der Waals surface area contributed by atoms with Crippen LogP contribution in [0.4, 0.5) is 21.6 Å². The monoisotopic (exact) mass is 418 g/mol. The Morgan fingerprint density at radius 3 is 2.61 bits per heavy atom. The molecule has 8 nitrogen and oxygen atoms in total. The van der Waals surface area contributed by atoms with E-state index in [4.69, 9.17) is 4.74 Å². The molecule has 0 aliphatic heterocycles. The fraction of sp³-hybridized carbons (Fsp3) is 0.0909. The van der Waals surface area contributed by atoms with Crippen molar-refractivity contribution < 1.29 is 13.9 Å². The first-order valence-electron chi connectivity index (χ1n) is 9.48. The van der Waals surface area contributed by atoms with E-state index < -0.39 is 11.9 Å². The highest BCUT2D eigenvalue weighted by Gasteiger charge is 2.16. The maximum atomic E-state index is 13.7. The largest absolute Gasteiger partial charge is 0.478 e. The lowest BCUT2D eigenvalue weighted by Gasteiger charge is -2.15. The van der Waals surface area contributed by atoms with Crippen molar-refractivity contribution in [3.05, 3.63) is 85.5 Å². The standard InChI is InChI=1S/C22H19FN6O2/c1-15(31-19-5-3-2-4-18(19)23)22(30)28-17-8-6-16(7-9-17)27-20-12-21(26-13-25-20)29-11-10-24-14-29/h2-15H,1H3,(H,28,30)(H,25,26,27)/t15-/m0/s1. The van der Waals surface area contributed by atoms with Gasteiger partial charge < -0.3 is 15.4 Å². The van der Waals surface area contributed by atoms with Crippen molar-refractivity contribution in [1.82, 2.24) is 19.5 Å². The van der Waals surface area contributed by atoms with Gasteiger partial charge in [-0.05, 0) is 43.3 Å². The Labute approximate surface area is 177 Å². The third-order valence-electron chi connectivity index (χ3n) is 4.36. The van der Waals surface area contributed by atoms with Crippen LogP contribution >= 0.6 is 0 Å². The number of rotatable bonds is 7. The van der Waals surface area contributed by atoms with E-state index in [1.807, 2.05) is 0 Å². The maximum absolute atomic E-state index is 13.7. The third-order valence-corrected chi connectivity index (χ3v) is 4.36. The number of nitrogens with one attached hydrogen (secondary N) is 2. The molecule has 0 saturated heterocycles. The number of imidazole rings is 1. The number of benzene rings is 2. The van der Waals surface area contributed by atoms with Crippen LogP contribution in [-0.4, -0.2) is 31.5 Å². The Kier molecular flexibility index (Phi) is 5.84. The SMILES string of the molecule is C[C@H](Oc1ccccc1F)C(=O)Nc1ccc(Nc2cc(-n3ccnc3)ncn2)cc1. The van der Waals surface area contributed by atoms with Gasteiger partial charge >= 0.3 is 0 Å². The highest BCUT2D eigenvalue weighted by atomic mass is 19.1. The number of aromatic nitrogens is 4. The van der Waals surface area contributed by atoms with E-state index in [9.17, 15) is 9.18 Å². The Morgan fingerprint density at radius 2 is 1.87 bits per heavy atom. The van der Waals surface area contributed by atoms with Crippen molar-refractivity contribution in [1.29, 1.82) is 0 Å². The smallest absolute Gasteiger partial charge is 0.265 e. The Bertz CT molecular complexity index is 1160. The van der Waals surface area contributed by atoms with Gasteiger partial charge in [0.2, 0.25) is 0 Å². The van der Waals surface area contributed by atoms with Gasteiger partial charge in [-0.15, -0.1) is 0 Å². The zero-order valence-electron chi connectivity index (χ0n) is 16.6. The Balaban J connectivity index is 1.36. The second-order valence-electron chi connectivity index (χ2n) is 6.61. The molecule has 2 aromatic carbocycles. The molecule has 31 heavy (non-hydrogen) atoms. The molecule has 2 heterocycles. The first kappa shape index (κ1) is 20.0. The summed E-state index contributed by atoms with van der Waals surface area (Å²) in [6.07, 6.45) is 5.71. The number of anilines is 3. The number of nitrogens with zero attached hydrogens (tertiary/aromatic N) is 4. The number of amides is 1. The maximum Gasteiger partial charge on any atom is 0.265 e. The molecule has 0 spiro atoms. The van der Waals surface area contributed by atoms with Gasteiger partial charge in [-0.1, -0.05) is 12.1 Å². The fourth-order valence-electron chi connectivity index (χ4n) is 2.76. The van der Waals surface area contributed by atoms with Crippen molar-refractivity contribution in [2.45, 2.75) is 13.0 Å². The number of carbonyl (C=O) groups is 1. The average Bonchev–Trinajstić information content (AvgIpc) is 3.32. The third kappa shape index (κ3) is 5.02. The quantitative estimate of drug-likeness (QED) is 0.472. The molecule has 0 radical (unpaired) electrons. The van der Waals surface area contributed by atoms with E-state index in [0.29, 0.717) is 17.3 Å². The minimum Gasteiger partial charge on any atom is -0.478 e. The van der Waals surface area contributed by atoms with Crippen molar-refractivity contribution in [3.63, 3.8) is 0 Å². The molecule has 0 bridgehead atoms. The van der Waals surface area contributed by atoms with Crippen molar-refractivity contribution >= 4 is 23.1 Å². The highest BCUT2D eigenvalue weighted by Crippen LogP contribution is 2.20. The lowest BCUT2D eigenvalue weighted by atomic mass is 10.2. The molecule has 1 atom stereocenters. The average molecular weight is 418 g/mol. The summed E-state index contributed by atoms with van der Waals surface area (Å²) in [5, 5.41) is 5.93. The lowest BCUT2D eigenvalue weighted by molar-refractivity contribution is -0.122. The first-order valence-corrected chi connectivity index (χ1v) is 9.48. The molecule has 4 aromatic rings. The molecule has 1 amide bonds. The molecule has 0 aliphatic rings. The molecule has 0 unspecified atom stereocenters. The van der Waals surface area contributed by atoms with Crippen LogP contribution in [0.15, 0.2) is 79.6 Å². The van der Waals surface area contributed by atoms with E-state index in [2.05, 4.69) is 25.6 Å². The first-order chi connectivity index (χ1) is 15.1. The summed E-state index contributed by atoms with van der Waals surface area (Å²) in [6.45, 7) is 1.56. The van der Waals surface area contributed by atoms with Gasteiger partial charge in [0.1, 0.15) is 24.3 Å². The van der Waals surface area contributed by atoms with E-state index in [-0.39, 0.29) is 11.7 Å². The lowest BCUT2D eigenvalue weighted by Crippen LogP contribution is -2.30. The van der Waals surface area contributed by atoms with Gasteiger partial charge in [0.15, 0.2) is 17.7 Å². The van der Waals surface area contributed by atoms with Crippen molar-refractivity contribution in [2.75, 3.05) is 10.6 Å². The normalized spacial score (nSPS) is 11.5. The summed E-state index contributed by atoms with van der Waals surface area (Å²) >= 11 is 0. The van der Waals surface area contributed by atoms with Crippen LogP contribution in [0.1, 0.15) is 6.92 Å². The van der Waals surface area contributed by atoms with Crippen LogP contribution in [0.2, 0.25) is 0 Å². The second kappa shape index (κ2) is 9.04. The minimum atomic E-state index is -0.864. The van der Waals surface area contributed by atoms with E-state index >= 15 is 0 Å². The number of hydrogen-bond acceptors (Lipinski definition) is 6. The molecular formula is C22H19FN6O2. The molecule has 156 valence electrons. The predicted octanol–water partition coefficient (Wildman–Crippen LogP) is 3.95. The van der Waals surface area contributed by atoms with Gasteiger partial charge in [0.25, 0.3) is 5.91 Å². The fourth-order valence-corrected chi connectivity index (χ4v) is 2.76. The number of halogens is 1. The van der Waals surface area contributed by atoms with E-state index in [1.54, 1.807) is 72.7 Å². The second-order valence-corrected chi connectivity index (χ2v) is 6.61. The van der Waals surface area contributed by atoms with Crippen molar-refractivity contribution in [2.24, 2.45) is 0 Å². The Hall–Kier alpha value is -4.27. The molecule has 2 N–H and O–H groups in total. The number of para-hydroxylation sites is 1. The Morgan fingerprint density at radius 1 is 1.10 bits per heavy atom. The van der Waals surface area contributed by atoms with Gasteiger partial charge in [-0.25, -0.2) is 19.3 Å². The topological polar surface area (TPSA) is 94.0 Å². The van der Waals surface area contributed by atoms with Crippen molar-refractivity contribution in [3.8, 4) is 11.6 Å². The number of ether oxygens (including phenoxy) is 1. The van der Waals surface area contributed by atoms with Crippen LogP contribution in [0.5, 0.6) is 5.75 Å². The molecule has 2 aromatic heterocycles. The van der Waals surface area contributed by atoms with Crippen LogP contribution in [0.25, 0.3) is 5.82 Å². The summed E-state index contributed by atoms with van der Waals surface area (Å²) in [6, 6.07) is 14.8. The predicted molar refractivity (Wildman–Crippen MR) is 114 cm³/mol. The van der Waals surface area contributed by atoms with Gasteiger partial charge in [0.05, 0.1) is 0 Å². The number of carbonyl (C=O) groups excluding carboxylic acids is 1. The molecule has 4 rings (SSSR count). The van der Waals surface area contributed by atoms with Crippen LogP contribution in [0.3, 0.4) is 0 Å². The van der Waals surface area contributed by atoms with Crippen LogP contribution in [0, 0.1) is 5.82 Å². The minimum absolute atomic E-state index is 0.0320. The van der Waals surface area contributed by atoms with Crippen LogP contribution < -0.4 is 15.4 Å². The van der Waals surface area contributed by atoms with Gasteiger partial charge in [-0.2, -0.15) is 0 Å². The number of hydrogen-bond donors (Lipinski definition) is 2. The summed E-state index contributed by atoms with van der Waals surface area (Å²) in [5.41, 5.74) is 1.37. The summed E-state index contributed by atoms with van der Waals surface area (Å²) in [4.78, 5) is 24.8. The van der Waals surface area contributed by atoms with E-state index in [1.165, 1.54) is 18.5 Å². The zero-order valence-corrected chi connectivity index (χ0v) is 16.6. The summed E-state index contributed by atoms with van der Waals surface area (Å²) in [7, 11) is 0. The highest BCUT2D eigenvalue weighted by molar-refractivity contribution is 5.94. The molecule has 0 aliphatic carbocycles. The summed E-state index contributed by atoms with van der Waals surface area (Å²) in [5.74, 6) is 0.429. The molecule has 9 heteroatoms. The van der Waals surface area contributed by atoms with E-state index in [0.717, 1.165) is 5.69 Å². The van der Waals surface area contributed by atoms with Crippen LogP contribution in [-0.2, 0) is 4.79 Å². The summed E-state index contributed by atoms with van der Waals surface area (Å²) < 4.78 is 20.9. The van der Waals surface area contributed by atoms with Gasteiger partial charge in [0, 0.05) is 29.8 Å². The molecule has 0 saturated carbocycles.